The number of rotatable bonds is 6. The zero-order valence-electron chi connectivity index (χ0n) is 15.6. The number of hydrogen-bond acceptors (Lipinski definition) is 4. The summed E-state index contributed by atoms with van der Waals surface area (Å²) >= 11 is 0. The van der Waals surface area contributed by atoms with E-state index in [0.29, 0.717) is 12.2 Å². The molecule has 4 N–H and O–H groups in total. The first-order valence-electron chi connectivity index (χ1n) is 9.37. The molecule has 1 heterocycles. The van der Waals surface area contributed by atoms with Gasteiger partial charge in [-0.1, -0.05) is 25.0 Å². The number of aromatic nitrogens is 2. The van der Waals surface area contributed by atoms with Gasteiger partial charge >= 0.3 is 0 Å². The Morgan fingerprint density at radius 3 is 2.93 bits per heavy atom. The lowest BCUT2D eigenvalue weighted by atomic mass is 9.74. The molecule has 0 radical (unpaired) electrons. The summed E-state index contributed by atoms with van der Waals surface area (Å²) in [7, 11) is 0. The van der Waals surface area contributed by atoms with Crippen molar-refractivity contribution >= 4 is 17.5 Å². The Morgan fingerprint density at radius 2 is 2.19 bits per heavy atom. The molecule has 1 aromatic heterocycles. The fraction of sp³-hybridized carbons (Fsp3) is 0.450. The summed E-state index contributed by atoms with van der Waals surface area (Å²) < 4.78 is 1.56. The molecule has 27 heavy (non-hydrogen) atoms. The SMILES string of the molecule is CC1(N)CCCCC1C(=O)NCc1cccc(NC(=O)Cn2cccn2)c1. The molecule has 1 aliphatic carbocycles. The number of benzene rings is 1. The Labute approximate surface area is 159 Å². The minimum absolute atomic E-state index is 0.00724. The maximum atomic E-state index is 12.6. The van der Waals surface area contributed by atoms with Crippen molar-refractivity contribution in [1.82, 2.24) is 15.1 Å². The van der Waals surface area contributed by atoms with E-state index in [1.165, 1.54) is 0 Å². The number of carbonyl (C=O) groups is 2. The minimum atomic E-state index is -0.440. The van der Waals surface area contributed by atoms with Crippen molar-refractivity contribution in [2.45, 2.75) is 51.2 Å². The quantitative estimate of drug-likeness (QED) is 0.725. The fourth-order valence-corrected chi connectivity index (χ4v) is 3.60. The standard InChI is InChI=1S/C20H27N5O2/c1-20(21)9-3-2-8-17(20)19(27)22-13-15-6-4-7-16(12-15)24-18(26)14-25-11-5-10-23-25/h4-7,10-12,17H,2-3,8-9,13-14,21H2,1H3,(H,22,27)(H,24,26). The zero-order valence-corrected chi connectivity index (χ0v) is 15.6. The first-order valence-corrected chi connectivity index (χ1v) is 9.37. The van der Waals surface area contributed by atoms with Crippen LogP contribution >= 0.6 is 0 Å². The second-order valence-corrected chi connectivity index (χ2v) is 7.47. The highest BCUT2D eigenvalue weighted by Gasteiger charge is 2.37. The summed E-state index contributed by atoms with van der Waals surface area (Å²) in [4.78, 5) is 24.6. The summed E-state index contributed by atoms with van der Waals surface area (Å²) in [6.07, 6.45) is 7.21. The third-order valence-electron chi connectivity index (χ3n) is 5.11. The predicted molar refractivity (Wildman–Crippen MR) is 104 cm³/mol. The van der Waals surface area contributed by atoms with Gasteiger partial charge in [0, 0.05) is 30.2 Å². The van der Waals surface area contributed by atoms with E-state index in [9.17, 15) is 9.59 Å². The summed E-state index contributed by atoms with van der Waals surface area (Å²) in [6, 6.07) is 9.24. The van der Waals surface area contributed by atoms with Crippen molar-refractivity contribution in [3.8, 4) is 0 Å². The first kappa shape index (κ1) is 19.1. The molecule has 7 nitrogen and oxygen atoms in total. The van der Waals surface area contributed by atoms with Gasteiger partial charge in [-0.2, -0.15) is 5.10 Å². The van der Waals surface area contributed by atoms with Crippen LogP contribution in [0.2, 0.25) is 0 Å². The molecule has 0 bridgehead atoms. The first-order chi connectivity index (χ1) is 12.9. The van der Waals surface area contributed by atoms with Crippen LogP contribution in [0.1, 0.15) is 38.2 Å². The molecular weight excluding hydrogens is 342 g/mol. The van der Waals surface area contributed by atoms with Crippen molar-refractivity contribution in [2.75, 3.05) is 5.32 Å². The average Bonchev–Trinajstić information content (AvgIpc) is 3.12. The van der Waals surface area contributed by atoms with Crippen LogP contribution in [0.15, 0.2) is 42.7 Å². The van der Waals surface area contributed by atoms with Crippen LogP contribution in [0, 0.1) is 5.92 Å². The van der Waals surface area contributed by atoms with E-state index in [0.717, 1.165) is 31.2 Å². The molecule has 144 valence electrons. The maximum absolute atomic E-state index is 12.6. The highest BCUT2D eigenvalue weighted by atomic mass is 16.2. The Kier molecular flexibility index (Phi) is 5.91. The van der Waals surface area contributed by atoms with Gasteiger partial charge in [0.1, 0.15) is 6.54 Å². The number of amides is 2. The Bertz CT molecular complexity index is 785. The van der Waals surface area contributed by atoms with E-state index in [1.807, 2.05) is 31.2 Å². The van der Waals surface area contributed by atoms with Crippen LogP contribution in [-0.2, 0) is 22.7 Å². The third kappa shape index (κ3) is 5.17. The summed E-state index contributed by atoms with van der Waals surface area (Å²) in [5.41, 5.74) is 7.49. The van der Waals surface area contributed by atoms with E-state index < -0.39 is 5.54 Å². The molecular formula is C20H27N5O2. The summed E-state index contributed by atoms with van der Waals surface area (Å²) in [6.45, 7) is 2.53. The molecule has 2 atom stereocenters. The number of hydrogen-bond donors (Lipinski definition) is 3. The predicted octanol–water partition coefficient (Wildman–Crippen LogP) is 2.05. The third-order valence-corrected chi connectivity index (χ3v) is 5.11. The number of anilines is 1. The highest BCUT2D eigenvalue weighted by molar-refractivity contribution is 5.90. The van der Waals surface area contributed by atoms with Gasteiger partial charge in [-0.15, -0.1) is 0 Å². The second-order valence-electron chi connectivity index (χ2n) is 7.47. The largest absolute Gasteiger partial charge is 0.352 e. The Morgan fingerprint density at radius 1 is 1.33 bits per heavy atom. The van der Waals surface area contributed by atoms with E-state index in [1.54, 1.807) is 23.1 Å². The van der Waals surface area contributed by atoms with E-state index in [-0.39, 0.29) is 24.3 Å². The zero-order chi connectivity index (χ0) is 19.3. The van der Waals surface area contributed by atoms with Gasteiger partial charge in [-0.25, -0.2) is 0 Å². The lowest BCUT2D eigenvalue weighted by Gasteiger charge is -2.37. The molecule has 1 aliphatic rings. The molecule has 2 aromatic rings. The average molecular weight is 369 g/mol. The molecule has 2 unspecified atom stereocenters. The molecule has 0 aliphatic heterocycles. The topological polar surface area (TPSA) is 102 Å². The Balaban J connectivity index is 1.54. The van der Waals surface area contributed by atoms with Crippen molar-refractivity contribution in [3.63, 3.8) is 0 Å². The van der Waals surface area contributed by atoms with Crippen molar-refractivity contribution in [1.29, 1.82) is 0 Å². The normalized spacial score (nSPS) is 22.2. The van der Waals surface area contributed by atoms with Crippen LogP contribution < -0.4 is 16.4 Å². The minimum Gasteiger partial charge on any atom is -0.352 e. The van der Waals surface area contributed by atoms with Crippen molar-refractivity contribution in [3.05, 3.63) is 48.3 Å². The molecule has 1 aromatic carbocycles. The van der Waals surface area contributed by atoms with Gasteiger partial charge in [-0.3, -0.25) is 14.3 Å². The van der Waals surface area contributed by atoms with Crippen LogP contribution in [0.5, 0.6) is 0 Å². The number of nitrogens with one attached hydrogen (secondary N) is 2. The smallest absolute Gasteiger partial charge is 0.246 e. The molecule has 0 spiro atoms. The van der Waals surface area contributed by atoms with Crippen LogP contribution in [-0.4, -0.2) is 27.1 Å². The van der Waals surface area contributed by atoms with E-state index in [4.69, 9.17) is 5.73 Å². The van der Waals surface area contributed by atoms with E-state index >= 15 is 0 Å². The summed E-state index contributed by atoms with van der Waals surface area (Å²) in [5.74, 6) is -0.294. The van der Waals surface area contributed by atoms with Gasteiger partial charge in [0.2, 0.25) is 11.8 Å². The lowest BCUT2D eigenvalue weighted by Crippen LogP contribution is -2.52. The van der Waals surface area contributed by atoms with Crippen LogP contribution in [0.25, 0.3) is 0 Å². The number of carbonyl (C=O) groups excluding carboxylic acids is 2. The van der Waals surface area contributed by atoms with Crippen molar-refractivity contribution < 1.29 is 9.59 Å². The monoisotopic (exact) mass is 369 g/mol. The number of nitrogens with zero attached hydrogens (tertiary/aromatic N) is 2. The lowest BCUT2D eigenvalue weighted by molar-refractivity contribution is -0.128. The molecule has 1 saturated carbocycles. The van der Waals surface area contributed by atoms with Gasteiger partial charge < -0.3 is 16.4 Å². The van der Waals surface area contributed by atoms with Crippen LogP contribution in [0.3, 0.4) is 0 Å². The van der Waals surface area contributed by atoms with Gasteiger partial charge in [0.15, 0.2) is 0 Å². The number of nitrogens with two attached hydrogens (primary N) is 1. The maximum Gasteiger partial charge on any atom is 0.246 e. The summed E-state index contributed by atoms with van der Waals surface area (Å²) in [5, 5.41) is 9.87. The fourth-order valence-electron chi connectivity index (χ4n) is 3.60. The van der Waals surface area contributed by atoms with Crippen molar-refractivity contribution in [2.24, 2.45) is 11.7 Å². The highest BCUT2D eigenvalue weighted by Crippen LogP contribution is 2.31. The van der Waals surface area contributed by atoms with Gasteiger partial charge in [0.05, 0.1) is 5.92 Å². The van der Waals surface area contributed by atoms with Gasteiger partial charge in [-0.05, 0) is 43.5 Å². The molecule has 7 heteroatoms. The molecule has 0 saturated heterocycles. The molecule has 3 rings (SSSR count). The Hall–Kier alpha value is -2.67. The molecule has 1 fully saturated rings. The van der Waals surface area contributed by atoms with Gasteiger partial charge in [0.25, 0.3) is 0 Å². The van der Waals surface area contributed by atoms with E-state index in [2.05, 4.69) is 15.7 Å². The van der Waals surface area contributed by atoms with Crippen LogP contribution in [0.4, 0.5) is 5.69 Å². The second kappa shape index (κ2) is 8.35. The molecule has 2 amide bonds.